The van der Waals surface area contributed by atoms with E-state index in [-0.39, 0.29) is 0 Å². The van der Waals surface area contributed by atoms with E-state index in [2.05, 4.69) is 11.9 Å². The average molecular weight is 181 g/mol. The van der Waals surface area contributed by atoms with Gasteiger partial charge in [-0.1, -0.05) is 6.42 Å². The first-order valence-electron chi connectivity index (χ1n) is 5.49. The van der Waals surface area contributed by atoms with Crippen molar-refractivity contribution >= 4 is 5.78 Å². The Morgan fingerprint density at radius 2 is 1.85 bits per heavy atom. The van der Waals surface area contributed by atoms with Crippen molar-refractivity contribution in [2.45, 2.75) is 32.1 Å². The summed E-state index contributed by atoms with van der Waals surface area (Å²) in [6.45, 7) is 2.18. The molecule has 0 amide bonds. The Balaban J connectivity index is 1.87. The van der Waals surface area contributed by atoms with Gasteiger partial charge in [-0.05, 0) is 39.3 Å². The first kappa shape index (κ1) is 9.20. The molecule has 0 bridgehead atoms. The van der Waals surface area contributed by atoms with Gasteiger partial charge in [-0.2, -0.15) is 0 Å². The Bertz CT molecular complexity index is 198. The zero-order valence-corrected chi connectivity index (χ0v) is 8.46. The van der Waals surface area contributed by atoms with Gasteiger partial charge in [-0.15, -0.1) is 0 Å². The van der Waals surface area contributed by atoms with Gasteiger partial charge in [-0.3, -0.25) is 4.79 Å². The second kappa shape index (κ2) is 3.79. The Morgan fingerprint density at radius 3 is 2.38 bits per heavy atom. The van der Waals surface area contributed by atoms with Gasteiger partial charge in [0.25, 0.3) is 0 Å². The third-order valence-corrected chi connectivity index (χ3v) is 3.53. The van der Waals surface area contributed by atoms with Gasteiger partial charge in [0.05, 0.1) is 0 Å². The number of piperidine rings is 1. The molecule has 0 spiro atoms. The Morgan fingerprint density at radius 1 is 1.15 bits per heavy atom. The summed E-state index contributed by atoms with van der Waals surface area (Å²) in [5, 5.41) is 0. The zero-order chi connectivity index (χ0) is 9.26. The van der Waals surface area contributed by atoms with Gasteiger partial charge in [0.2, 0.25) is 0 Å². The summed E-state index contributed by atoms with van der Waals surface area (Å²) in [7, 11) is 2.13. The minimum Gasteiger partial charge on any atom is -0.306 e. The van der Waals surface area contributed by atoms with Crippen LogP contribution in [0, 0.1) is 11.8 Å². The topological polar surface area (TPSA) is 20.3 Å². The van der Waals surface area contributed by atoms with E-state index in [1.165, 1.54) is 32.2 Å². The third kappa shape index (κ3) is 1.93. The molecule has 1 aliphatic heterocycles. The van der Waals surface area contributed by atoms with Crippen LogP contribution in [0.4, 0.5) is 0 Å². The summed E-state index contributed by atoms with van der Waals surface area (Å²) >= 11 is 0. The number of nitrogens with zero attached hydrogens (tertiary/aromatic N) is 1. The number of likely N-dealkylation sites (tertiary alicyclic amines) is 1. The molecule has 1 atom stereocenters. The number of rotatable bonds is 2. The van der Waals surface area contributed by atoms with E-state index >= 15 is 0 Å². The van der Waals surface area contributed by atoms with E-state index in [1.807, 2.05) is 0 Å². The van der Waals surface area contributed by atoms with Crippen molar-refractivity contribution < 1.29 is 4.79 Å². The van der Waals surface area contributed by atoms with Crippen LogP contribution in [-0.4, -0.2) is 30.8 Å². The van der Waals surface area contributed by atoms with Gasteiger partial charge in [0, 0.05) is 18.4 Å². The van der Waals surface area contributed by atoms with Crippen LogP contribution in [0.2, 0.25) is 0 Å². The molecular formula is C11H19NO. The lowest BCUT2D eigenvalue weighted by Gasteiger charge is -2.33. The molecule has 2 aliphatic rings. The molecule has 13 heavy (non-hydrogen) atoms. The lowest BCUT2D eigenvalue weighted by molar-refractivity contribution is -0.130. The highest BCUT2D eigenvalue weighted by atomic mass is 16.1. The number of ketones is 1. The number of hydrogen-bond donors (Lipinski definition) is 0. The summed E-state index contributed by atoms with van der Waals surface area (Å²) in [6.07, 6.45) is 5.95. The molecule has 2 rings (SSSR count). The Kier molecular flexibility index (Phi) is 2.68. The quantitative estimate of drug-likeness (QED) is 0.646. The van der Waals surface area contributed by atoms with Crippen molar-refractivity contribution in [1.29, 1.82) is 0 Å². The molecular weight excluding hydrogens is 162 g/mol. The van der Waals surface area contributed by atoms with Gasteiger partial charge in [0.15, 0.2) is 0 Å². The first-order valence-corrected chi connectivity index (χ1v) is 5.49. The molecule has 0 aromatic heterocycles. The predicted octanol–water partition coefficient (Wildman–Crippen LogP) is 1.70. The van der Waals surface area contributed by atoms with Crippen LogP contribution in [-0.2, 0) is 4.79 Å². The molecule has 1 saturated carbocycles. The van der Waals surface area contributed by atoms with Crippen LogP contribution in [0.15, 0.2) is 0 Å². The monoisotopic (exact) mass is 181 g/mol. The molecule has 2 heteroatoms. The SMILES string of the molecule is CN1CCCC(C(=O)C2CCC2)C1. The van der Waals surface area contributed by atoms with E-state index in [0.717, 1.165) is 13.0 Å². The minimum atomic E-state index is 0.365. The normalized spacial score (nSPS) is 31.3. The first-order chi connectivity index (χ1) is 6.27. The minimum absolute atomic E-state index is 0.365. The maximum absolute atomic E-state index is 11.9. The Hall–Kier alpha value is -0.370. The van der Waals surface area contributed by atoms with Crippen LogP contribution in [0.1, 0.15) is 32.1 Å². The molecule has 74 valence electrons. The standard InChI is InChI=1S/C11H19NO/c1-12-7-3-6-10(8-12)11(13)9-4-2-5-9/h9-10H,2-8H2,1H3. The van der Waals surface area contributed by atoms with Crippen molar-refractivity contribution in [2.24, 2.45) is 11.8 Å². The fraction of sp³-hybridized carbons (Fsp3) is 0.909. The number of Topliss-reactive ketones (excluding diaryl/α,β-unsaturated/α-hetero) is 1. The van der Waals surface area contributed by atoms with E-state index in [1.54, 1.807) is 0 Å². The second-order valence-corrected chi connectivity index (χ2v) is 4.63. The molecule has 0 N–H and O–H groups in total. The van der Waals surface area contributed by atoms with Gasteiger partial charge in [-0.25, -0.2) is 0 Å². The van der Waals surface area contributed by atoms with E-state index < -0.39 is 0 Å². The molecule has 1 unspecified atom stereocenters. The lowest BCUT2D eigenvalue weighted by Crippen LogP contribution is -2.39. The fourth-order valence-corrected chi connectivity index (χ4v) is 2.42. The number of carbonyl (C=O) groups excluding carboxylic acids is 1. The molecule has 1 aliphatic carbocycles. The van der Waals surface area contributed by atoms with E-state index in [4.69, 9.17) is 0 Å². The summed E-state index contributed by atoms with van der Waals surface area (Å²) in [4.78, 5) is 14.2. The summed E-state index contributed by atoms with van der Waals surface area (Å²) in [5.41, 5.74) is 0. The van der Waals surface area contributed by atoms with Gasteiger partial charge in [0.1, 0.15) is 5.78 Å². The zero-order valence-electron chi connectivity index (χ0n) is 8.46. The van der Waals surface area contributed by atoms with Crippen LogP contribution in [0.25, 0.3) is 0 Å². The van der Waals surface area contributed by atoms with Crippen molar-refractivity contribution in [1.82, 2.24) is 4.90 Å². The van der Waals surface area contributed by atoms with Crippen molar-refractivity contribution in [2.75, 3.05) is 20.1 Å². The molecule has 0 aromatic carbocycles. The van der Waals surface area contributed by atoms with Gasteiger partial charge >= 0.3 is 0 Å². The molecule has 2 fully saturated rings. The number of carbonyl (C=O) groups is 1. The highest BCUT2D eigenvalue weighted by Gasteiger charge is 2.32. The van der Waals surface area contributed by atoms with E-state index in [9.17, 15) is 4.79 Å². The molecule has 0 radical (unpaired) electrons. The molecule has 0 aromatic rings. The average Bonchev–Trinajstić information content (AvgIpc) is 2.01. The highest BCUT2D eigenvalue weighted by molar-refractivity contribution is 5.84. The molecule has 2 nitrogen and oxygen atoms in total. The molecule has 1 heterocycles. The second-order valence-electron chi connectivity index (χ2n) is 4.63. The maximum Gasteiger partial charge on any atom is 0.140 e. The molecule has 1 saturated heterocycles. The largest absolute Gasteiger partial charge is 0.306 e. The van der Waals surface area contributed by atoms with Crippen molar-refractivity contribution in [3.05, 3.63) is 0 Å². The van der Waals surface area contributed by atoms with Crippen molar-refractivity contribution in [3.63, 3.8) is 0 Å². The summed E-state index contributed by atoms with van der Waals surface area (Å²) in [6, 6.07) is 0. The van der Waals surface area contributed by atoms with Crippen LogP contribution in [0.5, 0.6) is 0 Å². The van der Waals surface area contributed by atoms with Crippen LogP contribution in [0.3, 0.4) is 0 Å². The number of hydrogen-bond acceptors (Lipinski definition) is 2. The maximum atomic E-state index is 11.9. The predicted molar refractivity (Wildman–Crippen MR) is 52.6 cm³/mol. The Labute approximate surface area is 80.3 Å². The smallest absolute Gasteiger partial charge is 0.140 e. The lowest BCUT2D eigenvalue weighted by atomic mass is 9.76. The highest BCUT2D eigenvalue weighted by Crippen LogP contribution is 2.31. The van der Waals surface area contributed by atoms with Crippen LogP contribution < -0.4 is 0 Å². The fourth-order valence-electron chi connectivity index (χ4n) is 2.42. The van der Waals surface area contributed by atoms with Crippen LogP contribution >= 0.6 is 0 Å². The van der Waals surface area contributed by atoms with Gasteiger partial charge < -0.3 is 4.90 Å². The summed E-state index contributed by atoms with van der Waals surface area (Å²) < 4.78 is 0. The van der Waals surface area contributed by atoms with E-state index in [0.29, 0.717) is 17.6 Å². The third-order valence-electron chi connectivity index (χ3n) is 3.53. The van der Waals surface area contributed by atoms with Crippen molar-refractivity contribution in [3.8, 4) is 0 Å². The summed E-state index contributed by atoms with van der Waals surface area (Å²) in [5.74, 6) is 1.37.